The molecule has 0 radical (unpaired) electrons. The van der Waals surface area contributed by atoms with Crippen LogP contribution in [0.1, 0.15) is 29.5 Å². The first-order valence-electron chi connectivity index (χ1n) is 15.4. The molecule has 2 aromatic heterocycles. The minimum absolute atomic E-state index is 0.0329. The van der Waals surface area contributed by atoms with Crippen molar-refractivity contribution < 1.29 is 19.4 Å². The molecule has 0 aliphatic carbocycles. The summed E-state index contributed by atoms with van der Waals surface area (Å²) in [5.41, 5.74) is 7.59. The largest absolute Gasteiger partial charge is 0.480 e. The van der Waals surface area contributed by atoms with Gasteiger partial charge in [0.15, 0.2) is 17.0 Å². The van der Waals surface area contributed by atoms with Gasteiger partial charge in [0, 0.05) is 53.1 Å². The monoisotopic (exact) mass is 679 g/mol. The van der Waals surface area contributed by atoms with Gasteiger partial charge in [-0.1, -0.05) is 48.0 Å². The molecule has 2 aliphatic rings. The number of carboxylic acids is 1. The van der Waals surface area contributed by atoms with E-state index in [-0.39, 0.29) is 30.0 Å². The first-order chi connectivity index (χ1) is 23.6. The number of carbonyl (C=O) groups is 2. The second kappa shape index (κ2) is 12.5. The van der Waals surface area contributed by atoms with Gasteiger partial charge in [0.2, 0.25) is 11.7 Å². The van der Waals surface area contributed by atoms with E-state index >= 15 is 0 Å². The number of nitrogens with one attached hydrogen (secondary N) is 2. The molecule has 0 spiro atoms. The lowest BCUT2D eigenvalue weighted by Gasteiger charge is -2.38. The zero-order valence-corrected chi connectivity index (χ0v) is 26.9. The number of rotatable bonds is 10. The van der Waals surface area contributed by atoms with Crippen LogP contribution in [-0.2, 0) is 20.1 Å². The molecule has 2 unspecified atom stereocenters. The maximum absolute atomic E-state index is 13.6. The van der Waals surface area contributed by atoms with E-state index in [2.05, 4.69) is 30.2 Å². The van der Waals surface area contributed by atoms with Gasteiger partial charge >= 0.3 is 11.9 Å². The number of H-pyrrole nitrogens is 1. The standard InChI is InChI=1S/C34H30ClN9O5/c1-43(26-18-38-29-28(40-26)31(46)42-33(36)41-29)22-12-10-21(11-13-22)39-25(32(47)48)14-15-27(45)49-34(19-6-8-20(35)9-7-19)24-5-3-2-4-23(24)30-37-16-17-44(30)34/h2-13,18,25,39H,14-17H2,1H3,(H,47,48)(H3,36,38,41,42,46). The SMILES string of the molecule is CN(c1ccc(NC(CCC(=O)OC2(c3ccc(Cl)cc3)c3ccccc3C3=NCCN32)C(=O)O)cc1)c1cnc2nc(N)[nH]c(=O)c2n1. The Labute approximate surface area is 284 Å². The maximum Gasteiger partial charge on any atom is 0.326 e. The van der Waals surface area contributed by atoms with Gasteiger partial charge in [0.05, 0.1) is 12.7 Å². The molecule has 0 fully saturated rings. The summed E-state index contributed by atoms with van der Waals surface area (Å²) in [6.07, 6.45) is 1.27. The zero-order chi connectivity index (χ0) is 34.3. The van der Waals surface area contributed by atoms with Crippen molar-refractivity contribution in [1.82, 2.24) is 24.8 Å². The fraction of sp³-hybridized carbons (Fsp3) is 0.206. The number of ether oxygens (including phenoxy) is 1. The van der Waals surface area contributed by atoms with Crippen LogP contribution in [0.25, 0.3) is 11.2 Å². The maximum atomic E-state index is 13.6. The van der Waals surface area contributed by atoms with Crippen molar-refractivity contribution in [2.45, 2.75) is 24.6 Å². The summed E-state index contributed by atoms with van der Waals surface area (Å²) in [5.74, 6) is -0.588. The highest BCUT2D eigenvalue weighted by Crippen LogP contribution is 2.47. The number of carboxylic acid groups (broad SMARTS) is 1. The number of benzene rings is 3. The van der Waals surface area contributed by atoms with Crippen LogP contribution in [0.2, 0.25) is 5.02 Å². The van der Waals surface area contributed by atoms with Crippen molar-refractivity contribution in [3.05, 3.63) is 111 Å². The number of halogens is 1. The van der Waals surface area contributed by atoms with Crippen LogP contribution in [0.5, 0.6) is 0 Å². The molecule has 49 heavy (non-hydrogen) atoms. The number of fused-ring (bicyclic) bond motifs is 4. The zero-order valence-electron chi connectivity index (χ0n) is 26.1. The molecule has 248 valence electrons. The predicted molar refractivity (Wildman–Crippen MR) is 184 cm³/mol. The second-order valence-corrected chi connectivity index (χ2v) is 12.0. The first kappa shape index (κ1) is 31.6. The summed E-state index contributed by atoms with van der Waals surface area (Å²) in [4.78, 5) is 61.5. The molecule has 15 heteroatoms. The van der Waals surface area contributed by atoms with Gasteiger partial charge in [0.25, 0.3) is 5.56 Å². The summed E-state index contributed by atoms with van der Waals surface area (Å²) in [7, 11) is 1.75. The average Bonchev–Trinajstić information content (AvgIpc) is 3.68. The van der Waals surface area contributed by atoms with Gasteiger partial charge in [-0.05, 0) is 42.8 Å². The molecule has 0 saturated carbocycles. The van der Waals surface area contributed by atoms with Crippen LogP contribution < -0.4 is 21.5 Å². The van der Waals surface area contributed by atoms with E-state index in [4.69, 9.17) is 22.1 Å². The lowest BCUT2D eigenvalue weighted by Crippen LogP contribution is -2.47. The van der Waals surface area contributed by atoms with Gasteiger partial charge in [-0.3, -0.25) is 19.6 Å². The molecule has 0 amide bonds. The predicted octanol–water partition coefficient (Wildman–Crippen LogP) is 3.88. The van der Waals surface area contributed by atoms with Crippen molar-refractivity contribution in [3.63, 3.8) is 0 Å². The highest BCUT2D eigenvalue weighted by atomic mass is 35.5. The average molecular weight is 680 g/mol. The Hall–Kier alpha value is -6.02. The molecule has 2 aliphatic heterocycles. The lowest BCUT2D eigenvalue weighted by atomic mass is 9.93. The molecule has 4 heterocycles. The van der Waals surface area contributed by atoms with E-state index in [0.29, 0.717) is 40.9 Å². The van der Waals surface area contributed by atoms with E-state index < -0.39 is 29.3 Å². The van der Waals surface area contributed by atoms with E-state index in [9.17, 15) is 19.5 Å². The quantitative estimate of drug-likeness (QED) is 0.156. The minimum Gasteiger partial charge on any atom is -0.480 e. The van der Waals surface area contributed by atoms with Gasteiger partial charge in [-0.15, -0.1) is 0 Å². The molecule has 5 aromatic rings. The summed E-state index contributed by atoms with van der Waals surface area (Å²) in [5, 5.41) is 13.6. The van der Waals surface area contributed by atoms with Gasteiger partial charge in [-0.2, -0.15) is 4.98 Å². The number of nitrogen functional groups attached to an aromatic ring is 1. The van der Waals surface area contributed by atoms with Crippen LogP contribution in [0.3, 0.4) is 0 Å². The molecular formula is C34H30ClN9O5. The van der Waals surface area contributed by atoms with Crippen LogP contribution in [-0.4, -0.2) is 73.9 Å². The van der Waals surface area contributed by atoms with Crippen LogP contribution in [0.4, 0.5) is 23.1 Å². The number of nitrogens with zero attached hydrogens (tertiary/aromatic N) is 6. The number of aliphatic carboxylic acids is 1. The molecule has 2 atom stereocenters. The number of nitrogens with two attached hydrogens (primary N) is 1. The minimum atomic E-state index is -1.27. The van der Waals surface area contributed by atoms with Crippen molar-refractivity contribution in [3.8, 4) is 0 Å². The molecule has 0 saturated heterocycles. The Bertz CT molecular complexity index is 2170. The van der Waals surface area contributed by atoms with Gasteiger partial charge < -0.3 is 30.7 Å². The third-order valence-electron chi connectivity index (χ3n) is 8.55. The fourth-order valence-corrected chi connectivity index (χ4v) is 6.32. The molecule has 5 N–H and O–H groups in total. The van der Waals surface area contributed by atoms with E-state index in [0.717, 1.165) is 17.0 Å². The molecule has 14 nitrogen and oxygen atoms in total. The molecule has 3 aromatic carbocycles. The fourth-order valence-electron chi connectivity index (χ4n) is 6.20. The Morgan fingerprint density at radius 2 is 1.88 bits per heavy atom. The highest BCUT2D eigenvalue weighted by Gasteiger charge is 2.54. The topological polar surface area (TPSA) is 192 Å². The van der Waals surface area contributed by atoms with Gasteiger partial charge in [-0.25, -0.2) is 14.8 Å². The number of hydrogen-bond donors (Lipinski definition) is 4. The Balaban J connectivity index is 1.06. The lowest BCUT2D eigenvalue weighted by molar-refractivity contribution is -0.168. The number of anilines is 4. The second-order valence-electron chi connectivity index (χ2n) is 11.6. The number of carbonyl (C=O) groups excluding carboxylic acids is 1. The first-order valence-corrected chi connectivity index (χ1v) is 15.8. The van der Waals surface area contributed by atoms with Crippen molar-refractivity contribution >= 4 is 63.7 Å². The van der Waals surface area contributed by atoms with Gasteiger partial charge in [0.1, 0.15) is 11.9 Å². The Kier molecular flexibility index (Phi) is 8.08. The summed E-state index contributed by atoms with van der Waals surface area (Å²) in [6, 6.07) is 20.7. The number of hydrogen-bond acceptors (Lipinski definition) is 12. The highest BCUT2D eigenvalue weighted by molar-refractivity contribution is 6.30. The van der Waals surface area contributed by atoms with E-state index in [1.54, 1.807) is 48.3 Å². The van der Waals surface area contributed by atoms with E-state index in [1.807, 2.05) is 41.3 Å². The molecular weight excluding hydrogens is 650 g/mol. The van der Waals surface area contributed by atoms with Crippen molar-refractivity contribution in [2.75, 3.05) is 36.1 Å². The number of esters is 1. The van der Waals surface area contributed by atoms with Crippen LogP contribution >= 0.6 is 11.6 Å². The van der Waals surface area contributed by atoms with Crippen LogP contribution in [0.15, 0.2) is 88.8 Å². The van der Waals surface area contributed by atoms with Crippen LogP contribution in [0, 0.1) is 0 Å². The number of aromatic nitrogens is 4. The normalized spacial score (nSPS) is 16.9. The Morgan fingerprint density at radius 1 is 1.12 bits per heavy atom. The number of aromatic amines is 1. The number of aliphatic imine (C=N–C) groups is 1. The molecule has 7 rings (SSSR count). The summed E-state index contributed by atoms with van der Waals surface area (Å²) < 4.78 is 6.36. The number of amidine groups is 1. The summed E-state index contributed by atoms with van der Waals surface area (Å²) in [6.45, 7) is 1.10. The third kappa shape index (κ3) is 5.75. The summed E-state index contributed by atoms with van der Waals surface area (Å²) >= 11 is 6.21. The van der Waals surface area contributed by atoms with E-state index in [1.165, 1.54) is 6.20 Å². The van der Waals surface area contributed by atoms with Crippen molar-refractivity contribution in [1.29, 1.82) is 0 Å². The third-order valence-corrected chi connectivity index (χ3v) is 8.80. The Morgan fingerprint density at radius 3 is 2.63 bits per heavy atom. The smallest absolute Gasteiger partial charge is 0.326 e. The molecule has 0 bridgehead atoms. The van der Waals surface area contributed by atoms with Crippen molar-refractivity contribution in [2.24, 2.45) is 4.99 Å².